The van der Waals surface area contributed by atoms with Crippen LogP contribution in [0.4, 0.5) is 10.1 Å². The third kappa shape index (κ3) is 3.94. The Balaban J connectivity index is 3.02. The quantitative estimate of drug-likeness (QED) is 0.662. The normalized spacial score (nSPS) is 10.4. The molecule has 1 aromatic carbocycles. The summed E-state index contributed by atoms with van der Waals surface area (Å²) >= 11 is 0. The van der Waals surface area contributed by atoms with Crippen molar-refractivity contribution in [2.45, 2.75) is 19.9 Å². The van der Waals surface area contributed by atoms with Crippen LogP contribution in [0, 0.1) is 5.82 Å². The second kappa shape index (κ2) is 6.17. The van der Waals surface area contributed by atoms with E-state index >= 15 is 0 Å². The van der Waals surface area contributed by atoms with Crippen LogP contribution in [-0.2, 0) is 9.53 Å². The number of hydrogen-bond donors (Lipinski definition) is 1. The van der Waals surface area contributed by atoms with E-state index in [1.165, 1.54) is 18.1 Å². The van der Waals surface area contributed by atoms with E-state index in [1.54, 1.807) is 13.8 Å². The van der Waals surface area contributed by atoms with Crippen LogP contribution < -0.4 is 5.73 Å². The number of carbonyl (C=O) groups is 2. The summed E-state index contributed by atoms with van der Waals surface area (Å²) in [5.41, 5.74) is 5.76. The van der Waals surface area contributed by atoms with E-state index in [-0.39, 0.29) is 23.8 Å². The van der Waals surface area contributed by atoms with E-state index in [0.29, 0.717) is 0 Å². The summed E-state index contributed by atoms with van der Waals surface area (Å²) in [6.07, 6.45) is 0. The average molecular weight is 268 g/mol. The van der Waals surface area contributed by atoms with Crippen molar-refractivity contribution in [1.82, 2.24) is 4.90 Å². The first-order valence-electron chi connectivity index (χ1n) is 5.79. The van der Waals surface area contributed by atoms with Crippen molar-refractivity contribution in [2.75, 3.05) is 19.4 Å². The van der Waals surface area contributed by atoms with Gasteiger partial charge in [-0.1, -0.05) is 0 Å². The average Bonchev–Trinajstić information content (AvgIpc) is 2.33. The van der Waals surface area contributed by atoms with Crippen LogP contribution in [0.2, 0.25) is 0 Å². The molecule has 1 rings (SSSR count). The maximum atomic E-state index is 13.2. The Kier molecular flexibility index (Phi) is 4.86. The van der Waals surface area contributed by atoms with Crippen LogP contribution in [0.5, 0.6) is 0 Å². The van der Waals surface area contributed by atoms with Crippen LogP contribution in [0.15, 0.2) is 18.2 Å². The van der Waals surface area contributed by atoms with Crippen molar-refractivity contribution in [2.24, 2.45) is 0 Å². The molecule has 0 bridgehead atoms. The Morgan fingerprint density at radius 3 is 2.47 bits per heavy atom. The number of ether oxygens (including phenoxy) is 1. The second-order valence-electron chi connectivity index (χ2n) is 4.38. The summed E-state index contributed by atoms with van der Waals surface area (Å²) in [5.74, 6) is -1.59. The van der Waals surface area contributed by atoms with Crippen molar-refractivity contribution in [3.63, 3.8) is 0 Å². The topological polar surface area (TPSA) is 72.6 Å². The summed E-state index contributed by atoms with van der Waals surface area (Å²) < 4.78 is 17.8. The first-order valence-corrected chi connectivity index (χ1v) is 5.79. The third-order valence-corrected chi connectivity index (χ3v) is 2.58. The predicted octanol–water partition coefficient (Wildman–Crippen LogP) is 1.43. The summed E-state index contributed by atoms with van der Waals surface area (Å²) in [4.78, 5) is 24.8. The highest BCUT2D eigenvalue weighted by atomic mass is 19.1. The van der Waals surface area contributed by atoms with Crippen molar-refractivity contribution in [3.8, 4) is 0 Å². The number of hydrogen-bond acceptors (Lipinski definition) is 4. The molecule has 0 saturated heterocycles. The van der Waals surface area contributed by atoms with Crippen LogP contribution in [0.25, 0.3) is 0 Å². The number of carbonyl (C=O) groups excluding carboxylic acids is 2. The maximum Gasteiger partial charge on any atom is 0.325 e. The summed E-state index contributed by atoms with van der Waals surface area (Å²) in [7, 11) is 1.24. The standard InChI is InChI=1S/C13H17FN2O3/c1-8(2)16(7-12(17)19-3)13(18)9-4-10(14)6-11(15)5-9/h4-6,8H,7,15H2,1-3H3. The molecular weight excluding hydrogens is 251 g/mol. The fourth-order valence-electron chi connectivity index (χ4n) is 1.59. The van der Waals surface area contributed by atoms with Crippen LogP contribution >= 0.6 is 0 Å². The van der Waals surface area contributed by atoms with Gasteiger partial charge in [0.05, 0.1) is 7.11 Å². The van der Waals surface area contributed by atoms with Gasteiger partial charge in [-0.05, 0) is 32.0 Å². The van der Waals surface area contributed by atoms with Gasteiger partial charge >= 0.3 is 5.97 Å². The molecule has 0 radical (unpaired) electrons. The molecule has 0 aliphatic carbocycles. The number of rotatable bonds is 4. The molecule has 0 aliphatic heterocycles. The molecule has 0 aliphatic rings. The van der Waals surface area contributed by atoms with Gasteiger partial charge in [-0.25, -0.2) is 4.39 Å². The number of nitrogens with zero attached hydrogens (tertiary/aromatic N) is 1. The molecule has 5 nitrogen and oxygen atoms in total. The van der Waals surface area contributed by atoms with Crippen molar-refractivity contribution >= 4 is 17.6 Å². The lowest BCUT2D eigenvalue weighted by atomic mass is 10.1. The van der Waals surface area contributed by atoms with Crippen molar-refractivity contribution in [3.05, 3.63) is 29.6 Å². The van der Waals surface area contributed by atoms with Gasteiger partial charge in [0.2, 0.25) is 0 Å². The van der Waals surface area contributed by atoms with Gasteiger partial charge in [-0.2, -0.15) is 0 Å². The molecule has 0 saturated carbocycles. The molecule has 0 fully saturated rings. The minimum absolute atomic E-state index is 0.107. The summed E-state index contributed by atoms with van der Waals surface area (Å²) in [6.45, 7) is 3.32. The molecule has 1 aromatic rings. The molecule has 0 heterocycles. The maximum absolute atomic E-state index is 13.2. The van der Waals surface area contributed by atoms with Crippen molar-refractivity contribution < 1.29 is 18.7 Å². The molecular formula is C13H17FN2O3. The Labute approximate surface area is 111 Å². The smallest absolute Gasteiger partial charge is 0.325 e. The molecule has 0 aromatic heterocycles. The minimum atomic E-state index is -0.592. The van der Waals surface area contributed by atoms with E-state index in [2.05, 4.69) is 4.74 Å². The molecule has 19 heavy (non-hydrogen) atoms. The Morgan fingerprint density at radius 2 is 2.00 bits per heavy atom. The second-order valence-corrected chi connectivity index (χ2v) is 4.38. The van der Waals surface area contributed by atoms with E-state index in [1.807, 2.05) is 0 Å². The first-order chi connectivity index (χ1) is 8.85. The van der Waals surface area contributed by atoms with Crippen molar-refractivity contribution in [1.29, 1.82) is 0 Å². The van der Waals surface area contributed by atoms with Gasteiger partial charge in [-0.3, -0.25) is 9.59 Å². The molecule has 0 atom stereocenters. The first kappa shape index (κ1) is 14.9. The van der Waals surface area contributed by atoms with Crippen LogP contribution in [0.3, 0.4) is 0 Å². The largest absolute Gasteiger partial charge is 0.468 e. The zero-order valence-electron chi connectivity index (χ0n) is 11.1. The molecule has 1 amide bonds. The van der Waals surface area contributed by atoms with Crippen LogP contribution in [-0.4, -0.2) is 36.5 Å². The van der Waals surface area contributed by atoms with Gasteiger partial charge in [0.1, 0.15) is 12.4 Å². The van der Waals surface area contributed by atoms with E-state index in [0.717, 1.165) is 12.1 Å². The number of nitrogens with two attached hydrogens (primary N) is 1. The van der Waals surface area contributed by atoms with Gasteiger partial charge < -0.3 is 15.4 Å². The summed E-state index contributed by atoms with van der Waals surface area (Å²) in [5, 5.41) is 0. The molecule has 0 spiro atoms. The lowest BCUT2D eigenvalue weighted by Crippen LogP contribution is -2.41. The SMILES string of the molecule is COC(=O)CN(C(=O)c1cc(N)cc(F)c1)C(C)C. The highest BCUT2D eigenvalue weighted by molar-refractivity contribution is 5.96. The lowest BCUT2D eigenvalue weighted by Gasteiger charge is -2.25. The highest BCUT2D eigenvalue weighted by Crippen LogP contribution is 2.14. The zero-order chi connectivity index (χ0) is 14.6. The monoisotopic (exact) mass is 268 g/mol. The number of esters is 1. The van der Waals surface area contributed by atoms with Gasteiger partial charge in [0, 0.05) is 17.3 Å². The molecule has 2 N–H and O–H groups in total. The molecule has 104 valence electrons. The number of anilines is 1. The molecule has 0 unspecified atom stereocenters. The van der Waals surface area contributed by atoms with Gasteiger partial charge in [-0.15, -0.1) is 0 Å². The summed E-state index contributed by atoms with van der Waals surface area (Å²) in [6, 6.07) is 3.36. The van der Waals surface area contributed by atoms with E-state index in [9.17, 15) is 14.0 Å². The highest BCUT2D eigenvalue weighted by Gasteiger charge is 2.22. The lowest BCUT2D eigenvalue weighted by molar-refractivity contribution is -0.141. The van der Waals surface area contributed by atoms with Crippen LogP contribution in [0.1, 0.15) is 24.2 Å². The zero-order valence-corrected chi connectivity index (χ0v) is 11.1. The Morgan fingerprint density at radius 1 is 1.37 bits per heavy atom. The molecule has 6 heteroatoms. The number of benzene rings is 1. The van der Waals surface area contributed by atoms with Gasteiger partial charge in [0.15, 0.2) is 0 Å². The van der Waals surface area contributed by atoms with E-state index < -0.39 is 17.7 Å². The fraction of sp³-hybridized carbons (Fsp3) is 0.385. The fourth-order valence-corrected chi connectivity index (χ4v) is 1.59. The van der Waals surface area contributed by atoms with E-state index in [4.69, 9.17) is 5.73 Å². The third-order valence-electron chi connectivity index (χ3n) is 2.58. The number of halogens is 1. The predicted molar refractivity (Wildman–Crippen MR) is 69.0 cm³/mol. The minimum Gasteiger partial charge on any atom is -0.468 e. The Hall–Kier alpha value is -2.11. The number of amides is 1. The van der Waals surface area contributed by atoms with Gasteiger partial charge in [0.25, 0.3) is 5.91 Å². The number of methoxy groups -OCH3 is 1. The Bertz CT molecular complexity index is 469. The number of nitrogen functional groups attached to an aromatic ring is 1.